The summed E-state index contributed by atoms with van der Waals surface area (Å²) in [6, 6.07) is 0. The van der Waals surface area contributed by atoms with Crippen LogP contribution in [0.5, 0.6) is 5.75 Å². The Bertz CT molecular complexity index is 199. The van der Waals surface area contributed by atoms with Crippen molar-refractivity contribution < 1.29 is 4.74 Å². The van der Waals surface area contributed by atoms with E-state index in [0.717, 1.165) is 5.75 Å². The molecular weight excluding hydrogens is 140 g/mol. The van der Waals surface area contributed by atoms with Crippen LogP contribution < -0.4 is 4.74 Å². The maximum atomic E-state index is 5.34. The highest BCUT2D eigenvalue weighted by molar-refractivity contribution is 5.09. The number of hydrogen-bond donors (Lipinski definition) is 0. The van der Waals surface area contributed by atoms with Crippen molar-refractivity contribution in [2.45, 2.75) is 13.8 Å². The number of rotatable bonds is 3. The molecule has 60 valence electrons. The first-order valence-electron chi connectivity index (χ1n) is 3.67. The highest BCUT2D eigenvalue weighted by atomic mass is 16.5. The van der Waals surface area contributed by atoms with E-state index in [0.29, 0.717) is 12.5 Å². The van der Waals surface area contributed by atoms with E-state index < -0.39 is 0 Å². The van der Waals surface area contributed by atoms with Gasteiger partial charge in [0.2, 0.25) is 0 Å². The summed E-state index contributed by atoms with van der Waals surface area (Å²) in [5, 5.41) is 0. The second-order valence-corrected chi connectivity index (χ2v) is 2.78. The molecule has 0 aliphatic heterocycles. The number of aromatic nitrogens is 2. The van der Waals surface area contributed by atoms with Crippen molar-refractivity contribution in [3.05, 3.63) is 18.7 Å². The fraction of sp³-hybridized carbons (Fsp3) is 0.500. The zero-order valence-electron chi connectivity index (χ0n) is 6.82. The average molecular weight is 152 g/mol. The minimum atomic E-state index is 0.537. The highest BCUT2D eigenvalue weighted by Crippen LogP contribution is 2.05. The van der Waals surface area contributed by atoms with Gasteiger partial charge in [-0.1, -0.05) is 13.8 Å². The summed E-state index contributed by atoms with van der Waals surface area (Å²) in [5.41, 5.74) is 0. The number of hydrogen-bond acceptors (Lipinski definition) is 3. The van der Waals surface area contributed by atoms with Gasteiger partial charge in [0, 0.05) is 0 Å². The van der Waals surface area contributed by atoms with Gasteiger partial charge >= 0.3 is 0 Å². The summed E-state index contributed by atoms with van der Waals surface area (Å²) >= 11 is 0. The summed E-state index contributed by atoms with van der Waals surface area (Å²) in [6.07, 6.45) is 4.81. The molecule has 0 radical (unpaired) electrons. The van der Waals surface area contributed by atoms with Crippen LogP contribution in [0, 0.1) is 5.92 Å². The second-order valence-electron chi connectivity index (χ2n) is 2.78. The standard InChI is InChI=1S/C8H12N2O/c1-7(2)5-11-8-3-9-6-10-4-8/h3-4,6-7H,5H2,1-2H3. The fourth-order valence-corrected chi connectivity index (χ4v) is 0.623. The smallest absolute Gasteiger partial charge is 0.155 e. The predicted molar refractivity (Wildman–Crippen MR) is 42.4 cm³/mol. The molecule has 0 aliphatic carbocycles. The Morgan fingerprint density at radius 3 is 2.55 bits per heavy atom. The topological polar surface area (TPSA) is 35.0 Å². The highest BCUT2D eigenvalue weighted by Gasteiger charge is 1.95. The van der Waals surface area contributed by atoms with E-state index in [1.807, 2.05) is 0 Å². The zero-order chi connectivity index (χ0) is 8.10. The lowest BCUT2D eigenvalue weighted by atomic mass is 10.2. The molecule has 0 aromatic carbocycles. The Morgan fingerprint density at radius 1 is 1.36 bits per heavy atom. The quantitative estimate of drug-likeness (QED) is 0.658. The Labute approximate surface area is 66.4 Å². The van der Waals surface area contributed by atoms with Crippen LogP contribution in [0.2, 0.25) is 0 Å². The van der Waals surface area contributed by atoms with Crippen molar-refractivity contribution >= 4 is 0 Å². The SMILES string of the molecule is CC(C)COc1cncnc1. The van der Waals surface area contributed by atoms with Crippen LogP contribution in [0.1, 0.15) is 13.8 Å². The van der Waals surface area contributed by atoms with Gasteiger partial charge < -0.3 is 4.74 Å². The molecule has 3 heteroatoms. The van der Waals surface area contributed by atoms with Crippen molar-refractivity contribution in [3.63, 3.8) is 0 Å². The normalized spacial score (nSPS) is 10.1. The maximum Gasteiger partial charge on any atom is 0.155 e. The molecule has 1 aromatic rings. The largest absolute Gasteiger partial charge is 0.490 e. The van der Waals surface area contributed by atoms with Gasteiger partial charge in [0.05, 0.1) is 19.0 Å². The second kappa shape index (κ2) is 3.91. The van der Waals surface area contributed by atoms with Crippen LogP contribution in [0.25, 0.3) is 0 Å². The maximum absolute atomic E-state index is 5.34. The van der Waals surface area contributed by atoms with E-state index in [1.165, 1.54) is 6.33 Å². The van der Waals surface area contributed by atoms with Gasteiger partial charge in [0.25, 0.3) is 0 Å². The summed E-state index contributed by atoms with van der Waals surface area (Å²) in [5.74, 6) is 1.27. The Balaban J connectivity index is 2.39. The third-order valence-corrected chi connectivity index (χ3v) is 1.12. The van der Waals surface area contributed by atoms with Crippen molar-refractivity contribution in [3.8, 4) is 5.75 Å². The molecule has 3 nitrogen and oxygen atoms in total. The van der Waals surface area contributed by atoms with Crippen molar-refractivity contribution in [2.24, 2.45) is 5.92 Å². The predicted octanol–water partition coefficient (Wildman–Crippen LogP) is 1.51. The summed E-state index contributed by atoms with van der Waals surface area (Å²) in [7, 11) is 0. The minimum absolute atomic E-state index is 0.537. The van der Waals surface area contributed by atoms with Gasteiger partial charge in [-0.3, -0.25) is 0 Å². The van der Waals surface area contributed by atoms with Gasteiger partial charge in [-0.05, 0) is 5.92 Å². The lowest BCUT2D eigenvalue weighted by Gasteiger charge is -2.06. The van der Waals surface area contributed by atoms with E-state index in [1.54, 1.807) is 12.4 Å². The molecule has 1 heterocycles. The van der Waals surface area contributed by atoms with Crippen LogP contribution in [0.15, 0.2) is 18.7 Å². The number of nitrogens with zero attached hydrogens (tertiary/aromatic N) is 2. The molecule has 0 atom stereocenters. The molecule has 0 amide bonds. The van der Waals surface area contributed by atoms with Crippen LogP contribution in [0.4, 0.5) is 0 Å². The summed E-state index contributed by atoms with van der Waals surface area (Å²) in [6.45, 7) is 4.92. The van der Waals surface area contributed by atoms with E-state index in [4.69, 9.17) is 4.74 Å². The zero-order valence-corrected chi connectivity index (χ0v) is 6.82. The van der Waals surface area contributed by atoms with Crippen LogP contribution >= 0.6 is 0 Å². The first-order chi connectivity index (χ1) is 5.29. The minimum Gasteiger partial charge on any atom is -0.490 e. The van der Waals surface area contributed by atoms with Crippen molar-refractivity contribution in [2.75, 3.05) is 6.61 Å². The van der Waals surface area contributed by atoms with E-state index in [9.17, 15) is 0 Å². The van der Waals surface area contributed by atoms with E-state index in [2.05, 4.69) is 23.8 Å². The summed E-state index contributed by atoms with van der Waals surface area (Å²) < 4.78 is 5.34. The fourth-order valence-electron chi connectivity index (χ4n) is 0.623. The van der Waals surface area contributed by atoms with Crippen LogP contribution in [-0.4, -0.2) is 16.6 Å². The molecule has 0 bridgehead atoms. The van der Waals surface area contributed by atoms with Gasteiger partial charge in [-0.15, -0.1) is 0 Å². The third-order valence-electron chi connectivity index (χ3n) is 1.12. The molecule has 0 aliphatic rings. The molecule has 1 rings (SSSR count). The first-order valence-corrected chi connectivity index (χ1v) is 3.67. The Kier molecular flexibility index (Phi) is 2.83. The lowest BCUT2D eigenvalue weighted by Crippen LogP contribution is -2.04. The third kappa shape index (κ3) is 2.98. The van der Waals surface area contributed by atoms with Gasteiger partial charge in [0.1, 0.15) is 6.33 Å². The molecule has 0 saturated heterocycles. The molecule has 1 aromatic heterocycles. The van der Waals surface area contributed by atoms with Crippen LogP contribution in [-0.2, 0) is 0 Å². The number of ether oxygens (including phenoxy) is 1. The lowest BCUT2D eigenvalue weighted by molar-refractivity contribution is 0.269. The molecule has 0 spiro atoms. The van der Waals surface area contributed by atoms with Gasteiger partial charge in [0.15, 0.2) is 5.75 Å². The first kappa shape index (κ1) is 7.98. The molecule has 0 N–H and O–H groups in total. The van der Waals surface area contributed by atoms with E-state index >= 15 is 0 Å². The Hall–Kier alpha value is -1.12. The molecule has 0 fully saturated rings. The summed E-state index contributed by atoms with van der Waals surface area (Å²) in [4.78, 5) is 7.65. The molecule has 11 heavy (non-hydrogen) atoms. The monoisotopic (exact) mass is 152 g/mol. The van der Waals surface area contributed by atoms with Crippen molar-refractivity contribution in [1.29, 1.82) is 0 Å². The average Bonchev–Trinajstić information content (AvgIpc) is 2.03. The van der Waals surface area contributed by atoms with Crippen molar-refractivity contribution in [1.82, 2.24) is 9.97 Å². The van der Waals surface area contributed by atoms with E-state index in [-0.39, 0.29) is 0 Å². The molecule has 0 unspecified atom stereocenters. The van der Waals surface area contributed by atoms with Crippen LogP contribution in [0.3, 0.4) is 0 Å². The van der Waals surface area contributed by atoms with Gasteiger partial charge in [-0.2, -0.15) is 0 Å². The molecular formula is C8H12N2O. The Morgan fingerprint density at radius 2 is 2.00 bits per heavy atom. The molecule has 0 saturated carbocycles. The van der Waals surface area contributed by atoms with Gasteiger partial charge in [-0.25, -0.2) is 9.97 Å².